The van der Waals surface area contributed by atoms with Crippen molar-refractivity contribution in [1.82, 2.24) is 0 Å². The molecule has 1 nitrogen and oxygen atoms in total. The molecular formula is C9H13Cl2OZr. The maximum atomic E-state index is 5.30. The van der Waals surface area contributed by atoms with E-state index in [2.05, 4.69) is 19.9 Å². The first kappa shape index (κ1) is 15.9. The number of halogens is 2. The molecule has 0 saturated carbocycles. The molecule has 4 heteroatoms. The van der Waals surface area contributed by atoms with Crippen molar-refractivity contribution in [2.45, 2.75) is 19.8 Å². The standard InChI is InChI=1S/C9H12O.2ClH.Zr/c1-7(2)8-5-3-4-6-9(8)10;;;/h3-7,10H,1-2H3;2*1H;/q;;;+1/p-1. The van der Waals surface area contributed by atoms with Crippen molar-refractivity contribution in [1.29, 1.82) is 0 Å². The van der Waals surface area contributed by atoms with Gasteiger partial charge in [0.25, 0.3) is 0 Å². The molecule has 1 aromatic rings. The van der Waals surface area contributed by atoms with Crippen LogP contribution in [0.5, 0.6) is 5.75 Å². The Hall–Kier alpha value is 0.483. The normalized spacial score (nSPS) is 8.46. The van der Waals surface area contributed by atoms with Crippen LogP contribution in [0.25, 0.3) is 0 Å². The average Bonchev–Trinajstić information content (AvgIpc) is 2.04. The SMILES string of the molecule is CC(C)c1ccccc1[O][Zr].Cl.Cl. The van der Waals surface area contributed by atoms with Crippen molar-refractivity contribution in [3.8, 4) is 5.75 Å². The number of hydrogen-bond acceptors (Lipinski definition) is 1. The van der Waals surface area contributed by atoms with Crippen LogP contribution in [-0.4, -0.2) is 0 Å². The first-order chi connectivity index (χ1) is 5.25. The van der Waals surface area contributed by atoms with Crippen LogP contribution in [0.3, 0.4) is 0 Å². The molecule has 0 aliphatic carbocycles. The average molecular weight is 299 g/mol. The van der Waals surface area contributed by atoms with Gasteiger partial charge in [-0.2, -0.15) is 0 Å². The molecule has 0 amide bonds. The summed E-state index contributed by atoms with van der Waals surface area (Å²) in [5.74, 6) is 1.58. The van der Waals surface area contributed by atoms with Crippen molar-refractivity contribution >= 4 is 24.8 Å². The smallest absolute Gasteiger partial charge is 0.147 e. The van der Waals surface area contributed by atoms with Gasteiger partial charge in [0, 0.05) is 0 Å². The fourth-order valence-electron chi connectivity index (χ4n) is 1.05. The molecule has 0 spiro atoms. The van der Waals surface area contributed by atoms with Crippen LogP contribution in [0.15, 0.2) is 24.3 Å². The largest absolute Gasteiger partial charge is 0.147 e. The van der Waals surface area contributed by atoms with Gasteiger partial charge in [-0.15, -0.1) is 24.8 Å². The second-order valence-electron chi connectivity index (χ2n) is 2.79. The Morgan fingerprint density at radius 2 is 1.69 bits per heavy atom. The zero-order chi connectivity index (χ0) is 8.27. The molecule has 0 aliphatic rings. The first-order valence-corrected chi connectivity index (χ1v) is 4.68. The summed E-state index contributed by atoms with van der Waals surface area (Å²) in [7, 11) is 0. The van der Waals surface area contributed by atoms with Crippen molar-refractivity contribution < 1.29 is 28.0 Å². The summed E-state index contributed by atoms with van der Waals surface area (Å²) >= 11 is 1.10. The van der Waals surface area contributed by atoms with E-state index >= 15 is 0 Å². The predicted octanol–water partition coefficient (Wildman–Crippen LogP) is 3.49. The zero-order valence-electron chi connectivity index (χ0n) is 7.61. The fraction of sp³-hybridized carbons (Fsp3) is 0.333. The van der Waals surface area contributed by atoms with E-state index in [-0.39, 0.29) is 24.8 Å². The molecule has 73 valence electrons. The van der Waals surface area contributed by atoms with Crippen molar-refractivity contribution in [2.24, 2.45) is 0 Å². The Balaban J connectivity index is 0. The second kappa shape index (κ2) is 7.85. The summed E-state index contributed by atoms with van der Waals surface area (Å²) in [6.07, 6.45) is 0. The third-order valence-electron chi connectivity index (χ3n) is 1.65. The fourth-order valence-corrected chi connectivity index (χ4v) is 1.51. The third kappa shape index (κ3) is 4.49. The molecule has 0 N–H and O–H groups in total. The molecule has 1 aromatic carbocycles. The summed E-state index contributed by atoms with van der Waals surface area (Å²) in [5.41, 5.74) is 1.30. The van der Waals surface area contributed by atoms with Crippen LogP contribution in [0.2, 0.25) is 0 Å². The van der Waals surface area contributed by atoms with E-state index in [1.54, 1.807) is 0 Å². The number of benzene rings is 1. The van der Waals surface area contributed by atoms with Crippen LogP contribution in [0.1, 0.15) is 25.3 Å². The molecule has 0 atom stereocenters. The van der Waals surface area contributed by atoms with Crippen LogP contribution in [0.4, 0.5) is 0 Å². The van der Waals surface area contributed by atoms with Crippen molar-refractivity contribution in [2.75, 3.05) is 0 Å². The predicted molar refractivity (Wildman–Crippen MR) is 55.7 cm³/mol. The van der Waals surface area contributed by atoms with Gasteiger partial charge >= 0.3 is 83.3 Å². The molecule has 0 fully saturated rings. The molecule has 1 rings (SSSR count). The summed E-state index contributed by atoms with van der Waals surface area (Å²) in [4.78, 5) is 0. The summed E-state index contributed by atoms with van der Waals surface area (Å²) < 4.78 is 5.30. The van der Waals surface area contributed by atoms with Gasteiger partial charge in [-0.1, -0.05) is 0 Å². The Morgan fingerprint density at radius 3 is 2.08 bits per heavy atom. The topological polar surface area (TPSA) is 9.23 Å². The monoisotopic (exact) mass is 297 g/mol. The van der Waals surface area contributed by atoms with Gasteiger partial charge in [0.2, 0.25) is 0 Å². The van der Waals surface area contributed by atoms with Crippen LogP contribution < -0.4 is 2.81 Å². The first-order valence-electron chi connectivity index (χ1n) is 3.68. The molecule has 0 saturated heterocycles. The van der Waals surface area contributed by atoms with E-state index in [9.17, 15) is 0 Å². The van der Waals surface area contributed by atoms with Gasteiger partial charge in [0.05, 0.1) is 0 Å². The van der Waals surface area contributed by atoms with Gasteiger partial charge < -0.3 is 0 Å². The quantitative estimate of drug-likeness (QED) is 0.812. The Labute approximate surface area is 108 Å². The molecule has 0 radical (unpaired) electrons. The van der Waals surface area contributed by atoms with Gasteiger partial charge in [0.1, 0.15) is 0 Å². The Morgan fingerprint density at radius 1 is 1.15 bits per heavy atom. The Bertz CT molecular complexity index is 241. The number of rotatable bonds is 2. The zero-order valence-corrected chi connectivity index (χ0v) is 11.7. The van der Waals surface area contributed by atoms with Gasteiger partial charge in [-0.05, 0) is 0 Å². The third-order valence-corrected chi connectivity index (χ3v) is 2.19. The molecule has 0 aromatic heterocycles. The molecule has 0 aliphatic heterocycles. The van der Waals surface area contributed by atoms with E-state index in [4.69, 9.17) is 2.81 Å². The summed E-state index contributed by atoms with van der Waals surface area (Å²) in [6.45, 7) is 4.35. The second-order valence-corrected chi connectivity index (χ2v) is 3.30. The Kier molecular flexibility index (Phi) is 9.62. The molecular weight excluding hydrogens is 286 g/mol. The summed E-state index contributed by atoms with van der Waals surface area (Å²) in [5, 5.41) is 0. The van der Waals surface area contributed by atoms with Gasteiger partial charge in [-0.3, -0.25) is 0 Å². The molecule has 0 heterocycles. The minimum Gasteiger partial charge on any atom is -0.147 e. The van der Waals surface area contributed by atoms with Gasteiger partial charge in [-0.25, -0.2) is 0 Å². The van der Waals surface area contributed by atoms with E-state index in [0.29, 0.717) is 5.92 Å². The minimum absolute atomic E-state index is 0. The minimum atomic E-state index is 0. The van der Waals surface area contributed by atoms with E-state index in [1.807, 2.05) is 18.2 Å². The number of hydrogen-bond donors (Lipinski definition) is 0. The van der Waals surface area contributed by atoms with E-state index in [1.165, 1.54) is 5.56 Å². The van der Waals surface area contributed by atoms with Crippen molar-refractivity contribution in [3.63, 3.8) is 0 Å². The van der Waals surface area contributed by atoms with Crippen LogP contribution >= 0.6 is 24.8 Å². The molecule has 0 unspecified atom stereocenters. The van der Waals surface area contributed by atoms with Crippen LogP contribution in [0, 0.1) is 0 Å². The van der Waals surface area contributed by atoms with E-state index < -0.39 is 0 Å². The van der Waals surface area contributed by atoms with E-state index in [0.717, 1.165) is 30.9 Å². The maximum absolute atomic E-state index is 5.30. The number of para-hydroxylation sites is 1. The molecule has 0 bridgehead atoms. The maximum Gasteiger partial charge on any atom is -0.147 e. The van der Waals surface area contributed by atoms with Gasteiger partial charge in [0.15, 0.2) is 0 Å². The van der Waals surface area contributed by atoms with Crippen LogP contribution in [-0.2, 0) is 25.2 Å². The summed E-state index contributed by atoms with van der Waals surface area (Å²) in [6, 6.07) is 8.19. The molecule has 13 heavy (non-hydrogen) atoms. The van der Waals surface area contributed by atoms with Crippen molar-refractivity contribution in [3.05, 3.63) is 29.8 Å².